The standard InChI is InChI=1S/C14H13FN6O2S/c15-9-3-1-8(2-4-9)10-7-24-14(19-10)18-6-5-17-13(22)11-12(16)21-23-20-11/h1-4,7H,5-6H2,(H2,16,21)(H,17,22)(H,18,19). The highest BCUT2D eigenvalue weighted by Crippen LogP contribution is 2.24. The fourth-order valence-electron chi connectivity index (χ4n) is 1.89. The lowest BCUT2D eigenvalue weighted by Crippen LogP contribution is -2.29. The number of halogens is 1. The van der Waals surface area contributed by atoms with Gasteiger partial charge in [-0.15, -0.1) is 11.3 Å². The third-order valence-corrected chi connectivity index (χ3v) is 3.86. The number of anilines is 2. The number of thiazole rings is 1. The van der Waals surface area contributed by atoms with Crippen LogP contribution in [0.1, 0.15) is 10.5 Å². The van der Waals surface area contributed by atoms with Crippen molar-refractivity contribution in [3.05, 3.63) is 41.2 Å². The monoisotopic (exact) mass is 348 g/mol. The van der Waals surface area contributed by atoms with Crippen LogP contribution in [0.15, 0.2) is 34.3 Å². The predicted octanol–water partition coefficient (Wildman–Crippen LogP) is 1.76. The van der Waals surface area contributed by atoms with Crippen LogP contribution in [0.2, 0.25) is 0 Å². The van der Waals surface area contributed by atoms with Crippen LogP contribution in [-0.4, -0.2) is 34.3 Å². The maximum atomic E-state index is 12.9. The van der Waals surface area contributed by atoms with Crippen molar-refractivity contribution in [2.75, 3.05) is 24.1 Å². The Bertz CT molecular complexity index is 832. The van der Waals surface area contributed by atoms with E-state index in [1.807, 2.05) is 5.38 Å². The molecule has 2 heterocycles. The van der Waals surface area contributed by atoms with Gasteiger partial charge in [-0.25, -0.2) is 14.0 Å². The number of hydrogen-bond acceptors (Lipinski definition) is 8. The first-order chi connectivity index (χ1) is 11.6. The zero-order valence-corrected chi connectivity index (χ0v) is 13.1. The van der Waals surface area contributed by atoms with E-state index in [0.29, 0.717) is 18.2 Å². The smallest absolute Gasteiger partial charge is 0.277 e. The third kappa shape index (κ3) is 3.66. The van der Waals surface area contributed by atoms with Crippen LogP contribution in [0.5, 0.6) is 0 Å². The van der Waals surface area contributed by atoms with Crippen LogP contribution in [-0.2, 0) is 0 Å². The van der Waals surface area contributed by atoms with Gasteiger partial charge in [0.1, 0.15) is 5.82 Å². The van der Waals surface area contributed by atoms with Crippen LogP contribution in [0, 0.1) is 5.82 Å². The lowest BCUT2D eigenvalue weighted by atomic mass is 10.2. The second kappa shape index (κ2) is 7.04. The Labute approximate surface area is 139 Å². The minimum absolute atomic E-state index is 0.0390. The Morgan fingerprint density at radius 3 is 2.75 bits per heavy atom. The molecule has 0 saturated carbocycles. The molecule has 3 aromatic rings. The number of hydrogen-bond donors (Lipinski definition) is 3. The molecule has 0 aliphatic rings. The van der Waals surface area contributed by atoms with Gasteiger partial charge in [0.15, 0.2) is 5.13 Å². The number of carbonyl (C=O) groups excluding carboxylic acids is 1. The summed E-state index contributed by atoms with van der Waals surface area (Å²) in [6.07, 6.45) is 0. The van der Waals surface area contributed by atoms with E-state index < -0.39 is 5.91 Å². The molecule has 1 aromatic carbocycles. The Morgan fingerprint density at radius 1 is 1.25 bits per heavy atom. The van der Waals surface area contributed by atoms with Crippen molar-refractivity contribution in [3.8, 4) is 11.3 Å². The number of amides is 1. The molecule has 3 rings (SSSR count). The summed E-state index contributed by atoms with van der Waals surface area (Å²) in [5, 5.41) is 15.0. The molecular weight excluding hydrogens is 335 g/mol. The summed E-state index contributed by atoms with van der Waals surface area (Å²) in [5.41, 5.74) is 6.98. The van der Waals surface area contributed by atoms with E-state index in [9.17, 15) is 9.18 Å². The first-order valence-electron chi connectivity index (χ1n) is 6.95. The van der Waals surface area contributed by atoms with Crippen molar-refractivity contribution in [1.82, 2.24) is 20.6 Å². The van der Waals surface area contributed by atoms with Gasteiger partial charge >= 0.3 is 0 Å². The summed E-state index contributed by atoms with van der Waals surface area (Å²) in [6.45, 7) is 0.809. The molecular formula is C14H13FN6O2S. The van der Waals surface area contributed by atoms with Crippen LogP contribution < -0.4 is 16.4 Å². The topological polar surface area (TPSA) is 119 Å². The van der Waals surface area contributed by atoms with E-state index in [2.05, 4.69) is 30.6 Å². The normalized spacial score (nSPS) is 10.5. The summed E-state index contributed by atoms with van der Waals surface area (Å²) < 4.78 is 17.3. The van der Waals surface area contributed by atoms with Crippen LogP contribution in [0.4, 0.5) is 15.3 Å². The van der Waals surface area contributed by atoms with E-state index in [4.69, 9.17) is 5.73 Å². The molecule has 24 heavy (non-hydrogen) atoms. The molecule has 0 bridgehead atoms. The van der Waals surface area contributed by atoms with E-state index in [0.717, 1.165) is 11.3 Å². The van der Waals surface area contributed by atoms with Crippen LogP contribution in [0.3, 0.4) is 0 Å². The lowest BCUT2D eigenvalue weighted by Gasteiger charge is -2.04. The lowest BCUT2D eigenvalue weighted by molar-refractivity contribution is 0.0946. The fourth-order valence-corrected chi connectivity index (χ4v) is 2.64. The van der Waals surface area contributed by atoms with Crippen LogP contribution in [0.25, 0.3) is 11.3 Å². The van der Waals surface area contributed by atoms with Gasteiger partial charge in [-0.2, -0.15) is 0 Å². The maximum Gasteiger partial charge on any atom is 0.277 e. The molecule has 0 fully saturated rings. The summed E-state index contributed by atoms with van der Waals surface area (Å²) in [7, 11) is 0. The summed E-state index contributed by atoms with van der Waals surface area (Å²) >= 11 is 1.42. The molecule has 124 valence electrons. The van der Waals surface area contributed by atoms with Gasteiger partial charge in [-0.3, -0.25) is 4.79 Å². The Morgan fingerprint density at radius 2 is 2.04 bits per heavy atom. The SMILES string of the molecule is Nc1nonc1C(=O)NCCNc1nc(-c2ccc(F)cc2)cs1. The summed E-state index contributed by atoms with van der Waals surface area (Å²) in [6, 6.07) is 6.12. The molecule has 1 amide bonds. The van der Waals surface area contributed by atoms with Gasteiger partial charge in [0, 0.05) is 24.0 Å². The number of nitrogens with two attached hydrogens (primary N) is 1. The molecule has 4 N–H and O–H groups in total. The predicted molar refractivity (Wildman–Crippen MR) is 87.0 cm³/mol. The third-order valence-electron chi connectivity index (χ3n) is 3.06. The summed E-state index contributed by atoms with van der Waals surface area (Å²) in [4.78, 5) is 16.1. The highest BCUT2D eigenvalue weighted by atomic mass is 32.1. The number of nitrogen functional groups attached to an aromatic ring is 1. The van der Waals surface area contributed by atoms with Gasteiger partial charge in [0.05, 0.1) is 5.69 Å². The number of rotatable bonds is 6. The van der Waals surface area contributed by atoms with E-state index >= 15 is 0 Å². The van der Waals surface area contributed by atoms with E-state index in [-0.39, 0.29) is 17.3 Å². The van der Waals surface area contributed by atoms with Gasteiger partial charge in [-0.1, -0.05) is 0 Å². The van der Waals surface area contributed by atoms with Gasteiger partial charge in [0.25, 0.3) is 5.91 Å². The second-order valence-electron chi connectivity index (χ2n) is 4.73. The van der Waals surface area contributed by atoms with Gasteiger partial charge in [0.2, 0.25) is 11.5 Å². The van der Waals surface area contributed by atoms with Crippen molar-refractivity contribution in [2.45, 2.75) is 0 Å². The zero-order chi connectivity index (χ0) is 16.9. The average molecular weight is 348 g/mol. The number of nitrogens with zero attached hydrogens (tertiary/aromatic N) is 3. The van der Waals surface area contributed by atoms with Gasteiger partial charge < -0.3 is 16.4 Å². The van der Waals surface area contributed by atoms with E-state index in [1.165, 1.54) is 23.5 Å². The van der Waals surface area contributed by atoms with Crippen molar-refractivity contribution in [2.24, 2.45) is 0 Å². The minimum Gasteiger partial charge on any atom is -0.379 e. The second-order valence-corrected chi connectivity index (χ2v) is 5.58. The first-order valence-corrected chi connectivity index (χ1v) is 7.83. The van der Waals surface area contributed by atoms with Crippen molar-refractivity contribution >= 4 is 28.2 Å². The number of aromatic nitrogens is 3. The Kier molecular flexibility index (Phi) is 4.66. The Balaban J connectivity index is 1.48. The largest absolute Gasteiger partial charge is 0.379 e. The fraction of sp³-hybridized carbons (Fsp3) is 0.143. The van der Waals surface area contributed by atoms with Crippen LogP contribution >= 0.6 is 11.3 Å². The molecule has 10 heteroatoms. The number of benzene rings is 1. The molecule has 2 aromatic heterocycles. The van der Waals surface area contributed by atoms with Crippen molar-refractivity contribution in [3.63, 3.8) is 0 Å². The minimum atomic E-state index is -0.457. The molecule has 0 atom stereocenters. The Hall–Kier alpha value is -3.01. The highest BCUT2D eigenvalue weighted by Gasteiger charge is 2.15. The quantitative estimate of drug-likeness (QED) is 0.581. The summed E-state index contributed by atoms with van der Waals surface area (Å²) in [5.74, 6) is -0.794. The highest BCUT2D eigenvalue weighted by molar-refractivity contribution is 7.14. The zero-order valence-electron chi connectivity index (χ0n) is 12.3. The van der Waals surface area contributed by atoms with Crippen molar-refractivity contribution < 1.29 is 13.8 Å². The van der Waals surface area contributed by atoms with Crippen molar-refractivity contribution in [1.29, 1.82) is 0 Å². The molecule has 0 spiro atoms. The molecule has 0 saturated heterocycles. The molecule has 0 aliphatic heterocycles. The number of carbonyl (C=O) groups is 1. The average Bonchev–Trinajstić information content (AvgIpc) is 3.21. The van der Waals surface area contributed by atoms with E-state index in [1.54, 1.807) is 12.1 Å². The first kappa shape index (κ1) is 15.9. The number of nitrogens with one attached hydrogen (secondary N) is 2. The van der Waals surface area contributed by atoms with Gasteiger partial charge in [-0.05, 0) is 34.6 Å². The molecule has 0 radical (unpaired) electrons. The maximum absolute atomic E-state index is 12.9. The molecule has 0 unspecified atom stereocenters. The molecule has 0 aliphatic carbocycles. The molecule has 8 nitrogen and oxygen atoms in total.